The Morgan fingerprint density at radius 3 is 2.30 bits per heavy atom. The van der Waals surface area contributed by atoms with Gasteiger partial charge in [-0.15, -0.1) is 24.8 Å². The molecule has 0 N–H and O–H groups in total. The lowest BCUT2D eigenvalue weighted by Crippen LogP contribution is -1.65. The maximum atomic E-state index is 5.39. The number of halogens is 1. The Morgan fingerprint density at radius 1 is 1.50 bits per heavy atom. The molecule has 0 aliphatic rings. The van der Waals surface area contributed by atoms with Gasteiger partial charge in [-0.3, -0.25) is 0 Å². The smallest absolute Gasteiger partial charge is 0.0407 e. The third kappa shape index (κ3) is 10.5. The standard InChI is InChI=1S/C7H11Cl.C2H4/c1-3-7(2)5-4-6-8;1-2/h3-5H,6H2,1-2H3;1-2H2/b5-4-,7-3-;. The molecule has 0 aromatic heterocycles. The minimum atomic E-state index is 0.602. The summed E-state index contributed by atoms with van der Waals surface area (Å²) < 4.78 is 0. The first-order chi connectivity index (χ1) is 4.81. The zero-order valence-corrected chi connectivity index (χ0v) is 7.49. The van der Waals surface area contributed by atoms with E-state index < -0.39 is 0 Å². The van der Waals surface area contributed by atoms with E-state index in [2.05, 4.69) is 13.2 Å². The average Bonchev–Trinajstić information content (AvgIpc) is 2.04. The zero-order valence-electron chi connectivity index (χ0n) is 6.73. The van der Waals surface area contributed by atoms with Crippen molar-refractivity contribution in [2.24, 2.45) is 0 Å². The van der Waals surface area contributed by atoms with Crippen LogP contribution < -0.4 is 0 Å². The summed E-state index contributed by atoms with van der Waals surface area (Å²) >= 11 is 5.39. The highest BCUT2D eigenvalue weighted by Crippen LogP contribution is 1.93. The van der Waals surface area contributed by atoms with Crippen molar-refractivity contribution in [1.29, 1.82) is 0 Å². The monoisotopic (exact) mass is 158 g/mol. The second kappa shape index (κ2) is 11.3. The first-order valence-corrected chi connectivity index (χ1v) is 3.70. The largest absolute Gasteiger partial charge is 0.122 e. The molecule has 0 saturated heterocycles. The van der Waals surface area contributed by atoms with E-state index >= 15 is 0 Å². The fourth-order valence-electron chi connectivity index (χ4n) is 0.327. The van der Waals surface area contributed by atoms with Crippen LogP contribution in [0, 0.1) is 0 Å². The van der Waals surface area contributed by atoms with Gasteiger partial charge < -0.3 is 0 Å². The molecule has 0 bridgehead atoms. The molecule has 58 valence electrons. The van der Waals surface area contributed by atoms with Crippen LogP contribution in [-0.4, -0.2) is 5.88 Å². The van der Waals surface area contributed by atoms with Crippen LogP contribution in [0.2, 0.25) is 0 Å². The van der Waals surface area contributed by atoms with E-state index in [0.29, 0.717) is 5.88 Å². The normalized spacial score (nSPS) is 10.9. The first kappa shape index (κ1) is 12.2. The Labute approximate surface area is 68.9 Å². The molecule has 0 amide bonds. The third-order valence-corrected chi connectivity index (χ3v) is 1.10. The van der Waals surface area contributed by atoms with Gasteiger partial charge in [-0.1, -0.05) is 23.8 Å². The molecule has 0 aliphatic heterocycles. The van der Waals surface area contributed by atoms with E-state index in [4.69, 9.17) is 11.6 Å². The molecule has 0 unspecified atom stereocenters. The van der Waals surface area contributed by atoms with Gasteiger partial charge in [-0.25, -0.2) is 0 Å². The number of hydrogen-bond donors (Lipinski definition) is 0. The van der Waals surface area contributed by atoms with Gasteiger partial charge in [0.15, 0.2) is 0 Å². The molecular formula is C9H15Cl. The predicted octanol–water partition coefficient (Wildman–Crippen LogP) is 3.55. The van der Waals surface area contributed by atoms with Crippen LogP contribution in [0.3, 0.4) is 0 Å². The summed E-state index contributed by atoms with van der Waals surface area (Å²) in [5, 5.41) is 0. The number of allylic oxidation sites excluding steroid dienone is 4. The Morgan fingerprint density at radius 2 is 2.00 bits per heavy atom. The third-order valence-electron chi connectivity index (χ3n) is 0.925. The molecule has 0 rings (SSSR count). The van der Waals surface area contributed by atoms with Gasteiger partial charge in [0.25, 0.3) is 0 Å². The molecule has 0 aromatic rings. The van der Waals surface area contributed by atoms with Crippen molar-refractivity contribution >= 4 is 11.6 Å². The second-order valence-electron chi connectivity index (χ2n) is 1.59. The summed E-state index contributed by atoms with van der Waals surface area (Å²) in [5.41, 5.74) is 1.26. The van der Waals surface area contributed by atoms with Gasteiger partial charge in [0.2, 0.25) is 0 Å². The van der Waals surface area contributed by atoms with E-state index in [0.717, 1.165) is 0 Å². The highest BCUT2D eigenvalue weighted by Gasteiger charge is 1.73. The summed E-state index contributed by atoms with van der Waals surface area (Å²) in [5.74, 6) is 0.602. The fourth-order valence-corrected chi connectivity index (χ4v) is 0.416. The van der Waals surface area contributed by atoms with E-state index in [1.54, 1.807) is 0 Å². The molecule has 0 aliphatic carbocycles. The van der Waals surface area contributed by atoms with Crippen LogP contribution in [0.15, 0.2) is 37.0 Å². The maximum Gasteiger partial charge on any atom is 0.0407 e. The van der Waals surface area contributed by atoms with Crippen molar-refractivity contribution in [1.82, 2.24) is 0 Å². The van der Waals surface area contributed by atoms with Crippen molar-refractivity contribution in [3.05, 3.63) is 37.0 Å². The van der Waals surface area contributed by atoms with Crippen LogP contribution in [0.5, 0.6) is 0 Å². The molecule has 0 fully saturated rings. The highest BCUT2D eigenvalue weighted by molar-refractivity contribution is 6.18. The van der Waals surface area contributed by atoms with E-state index in [1.165, 1.54) is 5.57 Å². The van der Waals surface area contributed by atoms with Crippen LogP contribution >= 0.6 is 11.6 Å². The van der Waals surface area contributed by atoms with Crippen molar-refractivity contribution in [2.75, 3.05) is 5.88 Å². The SMILES string of the molecule is C/C=C(C)\C=C/CCl.C=C. The lowest BCUT2D eigenvalue weighted by Gasteiger charge is -1.83. The molecule has 0 nitrogen and oxygen atoms in total. The number of rotatable bonds is 2. The summed E-state index contributed by atoms with van der Waals surface area (Å²) in [6.45, 7) is 10.1. The second-order valence-corrected chi connectivity index (χ2v) is 1.90. The Hall–Kier alpha value is -0.490. The van der Waals surface area contributed by atoms with Gasteiger partial charge in [-0.2, -0.15) is 0 Å². The predicted molar refractivity (Wildman–Crippen MR) is 50.5 cm³/mol. The lowest BCUT2D eigenvalue weighted by molar-refractivity contribution is 1.46. The molecule has 0 atom stereocenters. The summed E-state index contributed by atoms with van der Waals surface area (Å²) in [6, 6.07) is 0. The molecule has 0 radical (unpaired) electrons. The molecule has 0 saturated carbocycles. The Balaban J connectivity index is 0. The van der Waals surface area contributed by atoms with Crippen LogP contribution in [-0.2, 0) is 0 Å². The Kier molecular flexibility index (Phi) is 13.8. The summed E-state index contributed by atoms with van der Waals surface area (Å²) in [6.07, 6.45) is 5.98. The molecule has 10 heavy (non-hydrogen) atoms. The molecular weight excluding hydrogens is 144 g/mol. The number of hydrogen-bond acceptors (Lipinski definition) is 0. The van der Waals surface area contributed by atoms with Crippen LogP contribution in [0.25, 0.3) is 0 Å². The van der Waals surface area contributed by atoms with Crippen LogP contribution in [0.4, 0.5) is 0 Å². The van der Waals surface area contributed by atoms with Gasteiger partial charge in [0.1, 0.15) is 0 Å². The topological polar surface area (TPSA) is 0 Å². The van der Waals surface area contributed by atoms with Crippen molar-refractivity contribution in [3.63, 3.8) is 0 Å². The zero-order chi connectivity index (χ0) is 8.41. The number of alkyl halides is 1. The van der Waals surface area contributed by atoms with E-state index in [-0.39, 0.29) is 0 Å². The average molecular weight is 159 g/mol. The minimum Gasteiger partial charge on any atom is -0.122 e. The molecule has 1 heteroatoms. The highest BCUT2D eigenvalue weighted by atomic mass is 35.5. The van der Waals surface area contributed by atoms with Gasteiger partial charge in [0.05, 0.1) is 0 Å². The molecule has 0 heterocycles. The van der Waals surface area contributed by atoms with Crippen molar-refractivity contribution in [3.8, 4) is 0 Å². The Bertz CT molecular complexity index is 112. The van der Waals surface area contributed by atoms with Gasteiger partial charge in [0, 0.05) is 5.88 Å². The summed E-state index contributed by atoms with van der Waals surface area (Å²) in [4.78, 5) is 0. The lowest BCUT2D eigenvalue weighted by atomic mass is 10.3. The van der Waals surface area contributed by atoms with Gasteiger partial charge >= 0.3 is 0 Å². The van der Waals surface area contributed by atoms with Crippen molar-refractivity contribution in [2.45, 2.75) is 13.8 Å². The van der Waals surface area contributed by atoms with E-state index in [1.807, 2.05) is 32.1 Å². The minimum absolute atomic E-state index is 0.602. The van der Waals surface area contributed by atoms with Crippen LogP contribution in [0.1, 0.15) is 13.8 Å². The molecule has 0 spiro atoms. The summed E-state index contributed by atoms with van der Waals surface area (Å²) in [7, 11) is 0. The van der Waals surface area contributed by atoms with Gasteiger partial charge in [-0.05, 0) is 13.8 Å². The first-order valence-electron chi connectivity index (χ1n) is 3.16. The van der Waals surface area contributed by atoms with E-state index in [9.17, 15) is 0 Å². The maximum absolute atomic E-state index is 5.39. The quantitative estimate of drug-likeness (QED) is 0.328. The molecule has 0 aromatic carbocycles. The van der Waals surface area contributed by atoms with Crippen molar-refractivity contribution < 1.29 is 0 Å². The fraction of sp³-hybridized carbons (Fsp3) is 0.333.